The Hall–Kier alpha value is -2.08. The van der Waals surface area contributed by atoms with Crippen molar-refractivity contribution in [1.82, 2.24) is 5.32 Å². The van der Waals surface area contributed by atoms with E-state index in [0.29, 0.717) is 0 Å². The summed E-state index contributed by atoms with van der Waals surface area (Å²) in [5, 5.41) is 10.9. The second kappa shape index (κ2) is 6.49. The lowest BCUT2D eigenvalue weighted by atomic mass is 10.2. The lowest BCUT2D eigenvalue weighted by molar-refractivity contribution is -0.120. The number of hydrogen-bond donors (Lipinski definition) is 3. The van der Waals surface area contributed by atoms with Crippen LogP contribution in [0.15, 0.2) is 30.3 Å². The van der Waals surface area contributed by atoms with Gasteiger partial charge in [0.1, 0.15) is 12.6 Å². The van der Waals surface area contributed by atoms with Gasteiger partial charge in [-0.2, -0.15) is 0 Å². The molecule has 0 radical (unpaired) electrons. The van der Waals surface area contributed by atoms with Crippen LogP contribution in [-0.2, 0) is 16.1 Å². The molecular weight excluding hydrogens is 224 g/mol. The summed E-state index contributed by atoms with van der Waals surface area (Å²) in [4.78, 5) is 22.0. The van der Waals surface area contributed by atoms with Crippen molar-refractivity contribution < 1.29 is 19.4 Å². The second-order valence-electron chi connectivity index (χ2n) is 3.34. The lowest BCUT2D eigenvalue weighted by Crippen LogP contribution is -2.46. The summed E-state index contributed by atoms with van der Waals surface area (Å²) >= 11 is 0. The van der Waals surface area contributed by atoms with Crippen molar-refractivity contribution in [2.75, 3.05) is 6.61 Å². The number of ether oxygens (including phenoxy) is 1. The first-order valence-electron chi connectivity index (χ1n) is 5.01. The van der Waals surface area contributed by atoms with Crippen LogP contribution in [0, 0.1) is 0 Å². The SMILES string of the molecule is NC(=O)C(CO)NC(=O)OCc1ccccc1. The van der Waals surface area contributed by atoms with E-state index in [-0.39, 0.29) is 6.61 Å². The van der Waals surface area contributed by atoms with Crippen molar-refractivity contribution in [2.45, 2.75) is 12.6 Å². The number of nitrogens with one attached hydrogen (secondary N) is 1. The van der Waals surface area contributed by atoms with Crippen LogP contribution in [0.4, 0.5) is 4.79 Å². The van der Waals surface area contributed by atoms with E-state index in [1.165, 1.54) is 0 Å². The molecule has 1 aromatic carbocycles. The molecule has 6 heteroatoms. The smallest absolute Gasteiger partial charge is 0.408 e. The van der Waals surface area contributed by atoms with Crippen molar-refractivity contribution >= 4 is 12.0 Å². The molecule has 0 saturated heterocycles. The Balaban J connectivity index is 2.37. The summed E-state index contributed by atoms with van der Waals surface area (Å²) in [7, 11) is 0. The third-order valence-electron chi connectivity index (χ3n) is 2.03. The van der Waals surface area contributed by atoms with E-state index < -0.39 is 24.6 Å². The van der Waals surface area contributed by atoms with Crippen LogP contribution >= 0.6 is 0 Å². The average molecular weight is 238 g/mol. The summed E-state index contributed by atoms with van der Waals surface area (Å²) in [6.45, 7) is -0.473. The highest BCUT2D eigenvalue weighted by Crippen LogP contribution is 2.00. The van der Waals surface area contributed by atoms with Crippen LogP contribution in [0.5, 0.6) is 0 Å². The Bertz CT molecular complexity index is 380. The number of aliphatic hydroxyl groups is 1. The van der Waals surface area contributed by atoms with Crippen LogP contribution in [0.1, 0.15) is 5.56 Å². The molecule has 6 nitrogen and oxygen atoms in total. The number of rotatable bonds is 5. The van der Waals surface area contributed by atoms with Crippen LogP contribution in [0.25, 0.3) is 0 Å². The first-order chi connectivity index (χ1) is 8.13. The fraction of sp³-hybridized carbons (Fsp3) is 0.273. The van der Waals surface area contributed by atoms with E-state index >= 15 is 0 Å². The third-order valence-corrected chi connectivity index (χ3v) is 2.03. The molecule has 0 heterocycles. The third kappa shape index (κ3) is 4.52. The van der Waals surface area contributed by atoms with Gasteiger partial charge in [0.2, 0.25) is 5.91 Å². The summed E-state index contributed by atoms with van der Waals surface area (Å²) in [6, 6.07) is 7.94. The van der Waals surface area contributed by atoms with Gasteiger partial charge < -0.3 is 20.9 Å². The monoisotopic (exact) mass is 238 g/mol. The Kier molecular flexibility index (Phi) is 4.96. The minimum atomic E-state index is -1.13. The van der Waals surface area contributed by atoms with Crippen molar-refractivity contribution in [1.29, 1.82) is 0 Å². The molecule has 1 atom stereocenters. The molecule has 0 spiro atoms. The molecule has 1 unspecified atom stereocenters. The highest BCUT2D eigenvalue weighted by molar-refractivity contribution is 5.84. The molecule has 17 heavy (non-hydrogen) atoms. The summed E-state index contributed by atoms with van der Waals surface area (Å²) in [5.41, 5.74) is 5.76. The maximum atomic E-state index is 11.2. The zero-order chi connectivity index (χ0) is 12.7. The van der Waals surface area contributed by atoms with Crippen LogP contribution in [0.2, 0.25) is 0 Å². The molecule has 92 valence electrons. The quantitative estimate of drug-likeness (QED) is 0.658. The summed E-state index contributed by atoms with van der Waals surface area (Å²) in [6.07, 6.45) is -0.799. The maximum absolute atomic E-state index is 11.2. The minimum Gasteiger partial charge on any atom is -0.445 e. The second-order valence-corrected chi connectivity index (χ2v) is 3.34. The number of carbonyl (C=O) groups excluding carboxylic acids is 2. The molecule has 0 aromatic heterocycles. The fourth-order valence-electron chi connectivity index (χ4n) is 1.11. The zero-order valence-electron chi connectivity index (χ0n) is 9.13. The predicted molar refractivity (Wildman–Crippen MR) is 59.8 cm³/mol. The van der Waals surface area contributed by atoms with Gasteiger partial charge in [-0.05, 0) is 5.56 Å². The Morgan fingerprint density at radius 2 is 2.00 bits per heavy atom. The average Bonchev–Trinajstić information content (AvgIpc) is 2.34. The van der Waals surface area contributed by atoms with Crippen LogP contribution in [-0.4, -0.2) is 29.8 Å². The number of primary amides is 1. The number of amides is 2. The van der Waals surface area contributed by atoms with Gasteiger partial charge in [-0.3, -0.25) is 4.79 Å². The normalized spacial score (nSPS) is 11.6. The molecule has 0 fully saturated rings. The predicted octanol–water partition coefficient (Wildman–Crippen LogP) is -0.241. The van der Waals surface area contributed by atoms with Gasteiger partial charge in [-0.15, -0.1) is 0 Å². The van der Waals surface area contributed by atoms with E-state index in [9.17, 15) is 9.59 Å². The van der Waals surface area contributed by atoms with Gasteiger partial charge in [0.05, 0.1) is 6.61 Å². The summed E-state index contributed by atoms with van der Waals surface area (Å²) in [5.74, 6) is -0.816. The molecule has 1 aromatic rings. The van der Waals surface area contributed by atoms with Gasteiger partial charge in [-0.1, -0.05) is 30.3 Å². The van der Waals surface area contributed by atoms with Gasteiger partial charge in [-0.25, -0.2) is 4.79 Å². The van der Waals surface area contributed by atoms with Gasteiger partial charge in [0.15, 0.2) is 0 Å². The standard InChI is InChI=1S/C11H14N2O4/c12-10(15)9(6-14)13-11(16)17-7-8-4-2-1-3-5-8/h1-5,9,14H,6-7H2,(H2,12,15)(H,13,16). The van der Waals surface area contributed by atoms with E-state index in [0.717, 1.165) is 5.56 Å². The molecule has 0 aliphatic rings. The van der Waals surface area contributed by atoms with Crippen molar-refractivity contribution in [3.05, 3.63) is 35.9 Å². The molecule has 0 aliphatic carbocycles. The molecule has 2 amide bonds. The topological polar surface area (TPSA) is 102 Å². The highest BCUT2D eigenvalue weighted by atomic mass is 16.5. The van der Waals surface area contributed by atoms with Crippen LogP contribution < -0.4 is 11.1 Å². The van der Waals surface area contributed by atoms with Crippen molar-refractivity contribution in [3.8, 4) is 0 Å². The Morgan fingerprint density at radius 1 is 1.35 bits per heavy atom. The van der Waals surface area contributed by atoms with E-state index in [1.54, 1.807) is 12.1 Å². The van der Waals surface area contributed by atoms with Gasteiger partial charge >= 0.3 is 6.09 Å². The molecule has 0 saturated carbocycles. The number of carbonyl (C=O) groups is 2. The molecule has 0 bridgehead atoms. The molecular formula is C11H14N2O4. The Morgan fingerprint density at radius 3 is 2.53 bits per heavy atom. The number of hydrogen-bond acceptors (Lipinski definition) is 4. The summed E-state index contributed by atoms with van der Waals surface area (Å²) < 4.78 is 4.84. The van der Waals surface area contributed by atoms with Crippen molar-refractivity contribution in [2.24, 2.45) is 5.73 Å². The largest absolute Gasteiger partial charge is 0.445 e. The number of aliphatic hydroxyl groups excluding tert-OH is 1. The Labute approximate surface area is 98.4 Å². The number of alkyl carbamates (subject to hydrolysis) is 1. The first kappa shape index (κ1) is 13.0. The lowest BCUT2D eigenvalue weighted by Gasteiger charge is -2.12. The van der Waals surface area contributed by atoms with E-state index in [1.807, 2.05) is 18.2 Å². The van der Waals surface area contributed by atoms with Gasteiger partial charge in [0.25, 0.3) is 0 Å². The van der Waals surface area contributed by atoms with Crippen LogP contribution in [0.3, 0.4) is 0 Å². The molecule has 0 aliphatic heterocycles. The maximum Gasteiger partial charge on any atom is 0.408 e. The minimum absolute atomic E-state index is 0.0869. The zero-order valence-corrected chi connectivity index (χ0v) is 9.13. The fourth-order valence-corrected chi connectivity index (χ4v) is 1.11. The molecule has 4 N–H and O–H groups in total. The highest BCUT2D eigenvalue weighted by Gasteiger charge is 2.17. The number of benzene rings is 1. The molecule has 1 rings (SSSR count). The number of nitrogens with two attached hydrogens (primary N) is 1. The first-order valence-corrected chi connectivity index (χ1v) is 5.01. The van der Waals surface area contributed by atoms with Crippen molar-refractivity contribution in [3.63, 3.8) is 0 Å². The van der Waals surface area contributed by atoms with Gasteiger partial charge in [0, 0.05) is 0 Å². The van der Waals surface area contributed by atoms with E-state index in [4.69, 9.17) is 15.6 Å². The van der Waals surface area contributed by atoms with E-state index in [2.05, 4.69) is 5.32 Å².